The van der Waals surface area contributed by atoms with Crippen LogP contribution in [0.2, 0.25) is 0 Å². The predicted octanol–water partition coefficient (Wildman–Crippen LogP) is 3.98. The first-order valence-electron chi connectivity index (χ1n) is 8.65. The number of oxazole rings is 1. The van der Waals surface area contributed by atoms with E-state index in [-0.39, 0.29) is 17.9 Å². The Morgan fingerprint density at radius 2 is 2.08 bits per heavy atom. The molecule has 0 aliphatic carbocycles. The van der Waals surface area contributed by atoms with Gasteiger partial charge in [0.15, 0.2) is 5.58 Å². The molecule has 6 heteroatoms. The van der Waals surface area contributed by atoms with E-state index in [2.05, 4.69) is 21.3 Å². The molecular weight excluding hydrogens is 334 g/mol. The average molecular weight is 355 g/mol. The summed E-state index contributed by atoms with van der Waals surface area (Å²) in [5.74, 6) is 0.209. The van der Waals surface area contributed by atoms with Gasteiger partial charge in [-0.2, -0.15) is 4.98 Å². The number of hydrogen-bond acceptors (Lipinski definition) is 5. The molecule has 1 aliphatic heterocycles. The summed E-state index contributed by atoms with van der Waals surface area (Å²) in [6.07, 6.45) is 1.64. The number of thiophene rings is 1. The summed E-state index contributed by atoms with van der Waals surface area (Å²) in [5.41, 5.74) is 1.68. The number of benzene rings is 1. The van der Waals surface area contributed by atoms with Gasteiger partial charge in [0.25, 0.3) is 6.01 Å². The van der Waals surface area contributed by atoms with Gasteiger partial charge < -0.3 is 14.6 Å². The minimum absolute atomic E-state index is 0.0584. The highest BCUT2D eigenvalue weighted by Gasteiger charge is 2.28. The fraction of sp³-hybridized carbons (Fsp3) is 0.368. The summed E-state index contributed by atoms with van der Waals surface area (Å²) in [6.45, 7) is 3.62. The molecule has 0 radical (unpaired) electrons. The second kappa shape index (κ2) is 6.88. The number of fused-ring (bicyclic) bond motifs is 1. The van der Waals surface area contributed by atoms with Crippen LogP contribution in [0.15, 0.2) is 46.2 Å². The molecule has 1 aliphatic rings. The third kappa shape index (κ3) is 3.39. The van der Waals surface area contributed by atoms with E-state index in [0.717, 1.165) is 37.0 Å². The number of carbonyl (C=O) groups excluding carboxylic acids is 1. The average Bonchev–Trinajstić information content (AvgIpc) is 3.31. The first-order chi connectivity index (χ1) is 12.2. The Morgan fingerprint density at radius 3 is 2.80 bits per heavy atom. The third-order valence-electron chi connectivity index (χ3n) is 4.75. The number of nitrogens with zero attached hydrogens (tertiary/aromatic N) is 2. The summed E-state index contributed by atoms with van der Waals surface area (Å²) >= 11 is 1.68. The van der Waals surface area contributed by atoms with Crippen molar-refractivity contribution in [2.24, 2.45) is 5.92 Å². The SMILES string of the molecule is C[C@H](NC(=O)C1CCN(c2nc3ccccc3o2)CC1)c1cccs1. The van der Waals surface area contributed by atoms with Crippen LogP contribution in [0.4, 0.5) is 6.01 Å². The molecule has 0 spiro atoms. The van der Waals surface area contributed by atoms with Crippen LogP contribution in [-0.2, 0) is 4.79 Å². The number of nitrogens with one attached hydrogen (secondary N) is 1. The molecular formula is C19H21N3O2S. The van der Waals surface area contributed by atoms with Crippen LogP contribution in [0.25, 0.3) is 11.1 Å². The third-order valence-corrected chi connectivity index (χ3v) is 5.80. The van der Waals surface area contributed by atoms with Gasteiger partial charge >= 0.3 is 0 Å². The van der Waals surface area contributed by atoms with Crippen molar-refractivity contribution in [2.45, 2.75) is 25.8 Å². The first-order valence-corrected chi connectivity index (χ1v) is 9.53. The quantitative estimate of drug-likeness (QED) is 0.769. The Bertz CT molecular complexity index is 818. The van der Waals surface area contributed by atoms with Crippen LogP contribution in [0.5, 0.6) is 0 Å². The number of piperidine rings is 1. The van der Waals surface area contributed by atoms with E-state index in [0.29, 0.717) is 6.01 Å². The maximum atomic E-state index is 12.5. The van der Waals surface area contributed by atoms with Gasteiger partial charge in [0.2, 0.25) is 5.91 Å². The summed E-state index contributed by atoms with van der Waals surface area (Å²) in [4.78, 5) is 20.4. The van der Waals surface area contributed by atoms with Crippen molar-refractivity contribution in [3.05, 3.63) is 46.7 Å². The number of rotatable bonds is 4. The molecule has 1 amide bonds. The normalized spacial score (nSPS) is 16.9. The topological polar surface area (TPSA) is 58.4 Å². The summed E-state index contributed by atoms with van der Waals surface area (Å²) in [5, 5.41) is 5.18. The number of hydrogen-bond donors (Lipinski definition) is 1. The molecule has 25 heavy (non-hydrogen) atoms. The summed E-state index contributed by atoms with van der Waals surface area (Å²) < 4.78 is 5.83. The fourth-order valence-electron chi connectivity index (χ4n) is 3.27. The first kappa shape index (κ1) is 16.1. The van der Waals surface area contributed by atoms with Crippen LogP contribution >= 0.6 is 11.3 Å². The molecule has 1 fully saturated rings. The highest BCUT2D eigenvalue weighted by molar-refractivity contribution is 7.10. The van der Waals surface area contributed by atoms with E-state index >= 15 is 0 Å². The Balaban J connectivity index is 1.35. The zero-order chi connectivity index (χ0) is 17.2. The van der Waals surface area contributed by atoms with Gasteiger partial charge in [0, 0.05) is 23.9 Å². The fourth-order valence-corrected chi connectivity index (χ4v) is 4.00. The maximum Gasteiger partial charge on any atom is 0.298 e. The number of para-hydroxylation sites is 2. The van der Waals surface area contributed by atoms with Gasteiger partial charge in [0.05, 0.1) is 6.04 Å². The monoisotopic (exact) mass is 355 g/mol. The Kier molecular flexibility index (Phi) is 4.44. The molecule has 4 rings (SSSR count). The Morgan fingerprint density at radius 1 is 1.28 bits per heavy atom. The van der Waals surface area contributed by atoms with Crippen LogP contribution in [0, 0.1) is 5.92 Å². The molecule has 1 atom stereocenters. The van der Waals surface area contributed by atoms with Gasteiger partial charge in [-0.25, -0.2) is 0 Å². The van der Waals surface area contributed by atoms with E-state index in [1.807, 2.05) is 42.6 Å². The number of anilines is 1. The second-order valence-electron chi connectivity index (χ2n) is 6.47. The zero-order valence-corrected chi connectivity index (χ0v) is 15.0. The van der Waals surface area contributed by atoms with Gasteiger partial charge in [-0.05, 0) is 43.3 Å². The molecule has 3 aromatic rings. The van der Waals surface area contributed by atoms with Crippen molar-refractivity contribution in [3.63, 3.8) is 0 Å². The maximum absolute atomic E-state index is 12.5. The van der Waals surface area contributed by atoms with Crippen LogP contribution < -0.4 is 10.2 Å². The van der Waals surface area contributed by atoms with Crippen molar-refractivity contribution < 1.29 is 9.21 Å². The molecule has 1 aromatic carbocycles. The lowest BCUT2D eigenvalue weighted by atomic mass is 9.96. The molecule has 1 saturated heterocycles. The second-order valence-corrected chi connectivity index (χ2v) is 7.45. The smallest absolute Gasteiger partial charge is 0.298 e. The lowest BCUT2D eigenvalue weighted by Gasteiger charge is -2.30. The van der Waals surface area contributed by atoms with Crippen molar-refractivity contribution in [2.75, 3.05) is 18.0 Å². The standard InChI is InChI=1S/C19H21N3O2S/c1-13(17-7-4-12-25-17)20-18(23)14-8-10-22(11-9-14)19-21-15-5-2-3-6-16(15)24-19/h2-7,12-14H,8-11H2,1H3,(H,20,23)/t13-/m0/s1. The molecule has 130 valence electrons. The van der Waals surface area contributed by atoms with Crippen molar-refractivity contribution >= 4 is 34.4 Å². The van der Waals surface area contributed by atoms with E-state index in [1.165, 1.54) is 4.88 Å². The predicted molar refractivity (Wildman–Crippen MR) is 99.8 cm³/mol. The van der Waals surface area contributed by atoms with Gasteiger partial charge in [0.1, 0.15) is 5.52 Å². The van der Waals surface area contributed by atoms with Crippen molar-refractivity contribution in [3.8, 4) is 0 Å². The molecule has 0 bridgehead atoms. The Hall–Kier alpha value is -2.34. The Labute approximate surface area is 150 Å². The van der Waals surface area contributed by atoms with Crippen molar-refractivity contribution in [1.29, 1.82) is 0 Å². The minimum Gasteiger partial charge on any atom is -0.423 e. The number of aromatic nitrogens is 1. The minimum atomic E-state index is 0.0584. The van der Waals surface area contributed by atoms with E-state index < -0.39 is 0 Å². The molecule has 5 nitrogen and oxygen atoms in total. The van der Waals surface area contributed by atoms with E-state index in [1.54, 1.807) is 11.3 Å². The van der Waals surface area contributed by atoms with Gasteiger partial charge in [-0.15, -0.1) is 11.3 Å². The zero-order valence-electron chi connectivity index (χ0n) is 14.1. The van der Waals surface area contributed by atoms with Crippen LogP contribution in [-0.4, -0.2) is 24.0 Å². The highest BCUT2D eigenvalue weighted by atomic mass is 32.1. The number of amides is 1. The molecule has 2 aromatic heterocycles. The molecule has 3 heterocycles. The largest absolute Gasteiger partial charge is 0.423 e. The highest BCUT2D eigenvalue weighted by Crippen LogP contribution is 2.27. The lowest BCUT2D eigenvalue weighted by Crippen LogP contribution is -2.41. The van der Waals surface area contributed by atoms with Gasteiger partial charge in [-0.1, -0.05) is 18.2 Å². The van der Waals surface area contributed by atoms with E-state index in [9.17, 15) is 4.79 Å². The number of carbonyl (C=O) groups is 1. The molecule has 0 saturated carbocycles. The van der Waals surface area contributed by atoms with E-state index in [4.69, 9.17) is 4.42 Å². The lowest BCUT2D eigenvalue weighted by molar-refractivity contribution is -0.126. The van der Waals surface area contributed by atoms with Gasteiger partial charge in [-0.3, -0.25) is 4.79 Å². The van der Waals surface area contributed by atoms with Crippen LogP contribution in [0.3, 0.4) is 0 Å². The molecule has 1 N–H and O–H groups in total. The summed E-state index contributed by atoms with van der Waals surface area (Å²) in [7, 11) is 0. The molecule has 0 unspecified atom stereocenters. The van der Waals surface area contributed by atoms with Crippen LogP contribution in [0.1, 0.15) is 30.7 Å². The summed E-state index contributed by atoms with van der Waals surface area (Å²) in [6, 6.07) is 12.6. The van der Waals surface area contributed by atoms with Crippen molar-refractivity contribution in [1.82, 2.24) is 10.3 Å².